The Kier molecular flexibility index (Phi) is 2.73. The van der Waals surface area contributed by atoms with E-state index in [1.807, 2.05) is 0 Å². The van der Waals surface area contributed by atoms with E-state index in [-0.39, 0.29) is 0 Å². The summed E-state index contributed by atoms with van der Waals surface area (Å²) in [6, 6.07) is 14.9. The van der Waals surface area contributed by atoms with Crippen LogP contribution in [0.3, 0.4) is 0 Å². The fourth-order valence-electron chi connectivity index (χ4n) is 1.49. The number of fused-ring (bicyclic) bond motifs is 1. The first kappa shape index (κ1) is 10.4. The average Bonchev–Trinajstić information content (AvgIpc) is 2.89. The van der Waals surface area contributed by atoms with E-state index in [2.05, 4.69) is 25.1 Å². The molecule has 0 aromatic heterocycles. The first-order chi connectivity index (χ1) is 7.66. The molecule has 1 aromatic rings. The largest absolute Gasteiger partial charge is 0.478 e. The van der Waals surface area contributed by atoms with Crippen molar-refractivity contribution in [1.82, 2.24) is 0 Å². The molecule has 80 valence electrons. The number of aryl methyl sites for hydroxylation is 1. The molecule has 0 spiro atoms. The molecule has 0 heterocycles. The van der Waals surface area contributed by atoms with Gasteiger partial charge >= 0.3 is 5.97 Å². The summed E-state index contributed by atoms with van der Waals surface area (Å²) in [6.07, 6.45) is 0. The van der Waals surface area contributed by atoms with Gasteiger partial charge in [-0.25, -0.2) is 4.79 Å². The van der Waals surface area contributed by atoms with Crippen molar-refractivity contribution in [2.45, 2.75) is 6.92 Å². The molecule has 0 amide bonds. The Morgan fingerprint density at radius 2 is 1.56 bits per heavy atom. The van der Waals surface area contributed by atoms with E-state index < -0.39 is 5.97 Å². The van der Waals surface area contributed by atoms with Crippen molar-refractivity contribution in [2.24, 2.45) is 0 Å². The second-order valence-electron chi connectivity index (χ2n) is 3.76. The summed E-state index contributed by atoms with van der Waals surface area (Å²) >= 11 is 0. The number of rotatable bonds is 1. The minimum atomic E-state index is -0.879. The number of benzene rings is 2. The summed E-state index contributed by atoms with van der Waals surface area (Å²) < 4.78 is 0. The molecule has 1 aromatic carbocycles. The minimum absolute atomic E-state index is 0.331. The van der Waals surface area contributed by atoms with Gasteiger partial charge in [-0.1, -0.05) is 30.3 Å². The molecule has 0 radical (unpaired) electrons. The third-order valence-electron chi connectivity index (χ3n) is 2.35. The molecule has 0 fully saturated rings. The van der Waals surface area contributed by atoms with E-state index in [1.54, 1.807) is 30.3 Å². The van der Waals surface area contributed by atoms with Gasteiger partial charge in [0.15, 0.2) is 0 Å². The first-order valence-corrected chi connectivity index (χ1v) is 5.07. The molecule has 1 N–H and O–H groups in total. The lowest BCUT2D eigenvalue weighted by Crippen LogP contribution is -1.93. The molecule has 16 heavy (non-hydrogen) atoms. The maximum absolute atomic E-state index is 10.2. The fourth-order valence-corrected chi connectivity index (χ4v) is 1.49. The molecule has 2 heteroatoms. The van der Waals surface area contributed by atoms with Gasteiger partial charge in [-0.05, 0) is 41.8 Å². The zero-order chi connectivity index (χ0) is 11.5. The summed E-state index contributed by atoms with van der Waals surface area (Å²) in [7, 11) is 0. The van der Waals surface area contributed by atoms with Crippen LogP contribution in [-0.2, 0) is 0 Å². The number of carboxylic acid groups (broad SMARTS) is 1. The van der Waals surface area contributed by atoms with Gasteiger partial charge in [0.2, 0.25) is 0 Å². The molecule has 2 aliphatic rings. The Balaban J connectivity index is 0.000000123. The van der Waals surface area contributed by atoms with Crippen molar-refractivity contribution >= 4 is 5.97 Å². The first-order valence-electron chi connectivity index (χ1n) is 5.07. The highest BCUT2D eigenvalue weighted by Crippen LogP contribution is 2.35. The molecule has 3 rings (SSSR count). The number of carbonyl (C=O) groups is 1. The summed E-state index contributed by atoms with van der Waals surface area (Å²) in [5.74, 6) is -0.879. The lowest BCUT2D eigenvalue weighted by molar-refractivity contribution is 0.0697. The van der Waals surface area contributed by atoms with Crippen LogP contribution in [0, 0.1) is 6.92 Å². The Hall–Kier alpha value is -2.09. The number of aromatic carboxylic acids is 1. The summed E-state index contributed by atoms with van der Waals surface area (Å²) in [4.78, 5) is 10.2. The van der Waals surface area contributed by atoms with Gasteiger partial charge in [-0.2, -0.15) is 0 Å². The third-order valence-corrected chi connectivity index (χ3v) is 2.35. The van der Waals surface area contributed by atoms with E-state index >= 15 is 0 Å². The van der Waals surface area contributed by atoms with Gasteiger partial charge < -0.3 is 5.11 Å². The van der Waals surface area contributed by atoms with Crippen LogP contribution < -0.4 is 0 Å². The summed E-state index contributed by atoms with van der Waals surface area (Å²) in [5, 5.41) is 8.38. The molecule has 0 aliphatic heterocycles. The van der Waals surface area contributed by atoms with Crippen molar-refractivity contribution < 1.29 is 9.90 Å². The second-order valence-corrected chi connectivity index (χ2v) is 3.76. The van der Waals surface area contributed by atoms with Gasteiger partial charge in [0, 0.05) is 0 Å². The standard InChI is InChI=1S/C7H6O2.C7H6/c8-7(9)6-4-2-1-3-5-6;1-5-2-6-4-7(6)3-5/h1-5H,(H,8,9);2-4H,1H3. The molecule has 2 aliphatic carbocycles. The van der Waals surface area contributed by atoms with Crippen LogP contribution in [0.1, 0.15) is 15.9 Å². The quantitative estimate of drug-likeness (QED) is 0.671. The smallest absolute Gasteiger partial charge is 0.335 e. The van der Waals surface area contributed by atoms with Crippen LogP contribution in [-0.4, -0.2) is 11.1 Å². The monoisotopic (exact) mass is 212 g/mol. The number of carboxylic acids is 1. The van der Waals surface area contributed by atoms with E-state index in [4.69, 9.17) is 5.11 Å². The number of hydrogen-bond donors (Lipinski definition) is 1. The summed E-state index contributed by atoms with van der Waals surface area (Å²) in [5.41, 5.74) is 4.61. The topological polar surface area (TPSA) is 37.3 Å². The Labute approximate surface area is 94.2 Å². The lowest BCUT2D eigenvalue weighted by Gasteiger charge is -1.88. The van der Waals surface area contributed by atoms with Gasteiger partial charge in [0.05, 0.1) is 5.56 Å². The zero-order valence-electron chi connectivity index (χ0n) is 8.97. The van der Waals surface area contributed by atoms with Crippen molar-refractivity contribution in [3.05, 3.63) is 59.7 Å². The van der Waals surface area contributed by atoms with Gasteiger partial charge in [0.25, 0.3) is 0 Å². The maximum Gasteiger partial charge on any atom is 0.335 e. The Bertz CT molecular complexity index is 495. The Morgan fingerprint density at radius 1 is 1.00 bits per heavy atom. The Morgan fingerprint density at radius 3 is 1.88 bits per heavy atom. The predicted octanol–water partition coefficient (Wildman–Crippen LogP) is 3.36. The SMILES string of the molecule is Cc1cc2cc-2c1.O=C(O)c1ccccc1. The van der Waals surface area contributed by atoms with Gasteiger partial charge in [0.1, 0.15) is 0 Å². The van der Waals surface area contributed by atoms with Crippen molar-refractivity contribution in [1.29, 1.82) is 0 Å². The maximum atomic E-state index is 10.2. The molecule has 0 unspecified atom stereocenters. The highest BCUT2D eigenvalue weighted by atomic mass is 16.4. The third kappa shape index (κ3) is 2.48. The molecular formula is C14H12O2. The van der Waals surface area contributed by atoms with Crippen LogP contribution in [0.25, 0.3) is 11.1 Å². The van der Waals surface area contributed by atoms with Crippen LogP contribution in [0.5, 0.6) is 0 Å². The molecular weight excluding hydrogens is 200 g/mol. The van der Waals surface area contributed by atoms with Crippen molar-refractivity contribution in [2.75, 3.05) is 0 Å². The minimum Gasteiger partial charge on any atom is -0.478 e. The van der Waals surface area contributed by atoms with E-state index in [0.29, 0.717) is 5.56 Å². The van der Waals surface area contributed by atoms with Crippen molar-refractivity contribution in [3.8, 4) is 11.1 Å². The molecule has 2 nitrogen and oxygen atoms in total. The highest BCUT2D eigenvalue weighted by molar-refractivity contribution is 5.87. The summed E-state index contributed by atoms with van der Waals surface area (Å²) in [6.45, 7) is 2.12. The van der Waals surface area contributed by atoms with Crippen LogP contribution in [0.15, 0.2) is 48.5 Å². The van der Waals surface area contributed by atoms with Crippen molar-refractivity contribution in [3.63, 3.8) is 0 Å². The van der Waals surface area contributed by atoms with E-state index in [0.717, 1.165) is 0 Å². The predicted molar refractivity (Wildman–Crippen MR) is 63.6 cm³/mol. The van der Waals surface area contributed by atoms with Gasteiger partial charge in [-0.3, -0.25) is 0 Å². The normalized spacial score (nSPS) is 10.1. The van der Waals surface area contributed by atoms with E-state index in [9.17, 15) is 4.79 Å². The van der Waals surface area contributed by atoms with Crippen LogP contribution in [0.2, 0.25) is 0 Å². The highest BCUT2D eigenvalue weighted by Gasteiger charge is 2.10. The molecule has 0 atom stereocenters. The molecule has 0 bridgehead atoms. The van der Waals surface area contributed by atoms with Gasteiger partial charge in [-0.15, -0.1) is 0 Å². The lowest BCUT2D eigenvalue weighted by atomic mass is 10.2. The zero-order valence-corrected chi connectivity index (χ0v) is 8.97. The van der Waals surface area contributed by atoms with Crippen LogP contribution >= 0.6 is 0 Å². The van der Waals surface area contributed by atoms with Crippen LogP contribution in [0.4, 0.5) is 0 Å². The molecule has 0 saturated carbocycles. The van der Waals surface area contributed by atoms with E-state index in [1.165, 1.54) is 16.7 Å². The molecule has 0 saturated heterocycles. The fraction of sp³-hybridized carbons (Fsp3) is 0.0714. The number of hydrogen-bond acceptors (Lipinski definition) is 1. The average molecular weight is 212 g/mol. The second kappa shape index (κ2) is 4.19.